The number of rotatable bonds is 3. The molecule has 0 unspecified atom stereocenters. The standard InChI is InChI=1S/C17H19N3O3S/c1-3-12-4-5-15-13(10-12)7-9-20(15)17(21)19-16-11-14(6-8-18-16)24(2,22)23/h4-6,8,10-11H,3,7,9H2,1-2H3,(H,18,19,21). The Morgan fingerprint density at radius 3 is 2.79 bits per heavy atom. The van der Waals surface area contributed by atoms with Gasteiger partial charge in [0.15, 0.2) is 9.84 Å². The van der Waals surface area contributed by atoms with E-state index in [0.29, 0.717) is 6.54 Å². The third-order valence-electron chi connectivity index (χ3n) is 4.09. The summed E-state index contributed by atoms with van der Waals surface area (Å²) in [7, 11) is -3.34. The Hall–Kier alpha value is -2.41. The molecule has 1 N–H and O–H groups in total. The number of hydrogen-bond donors (Lipinski definition) is 1. The molecule has 7 heteroatoms. The van der Waals surface area contributed by atoms with E-state index in [9.17, 15) is 13.2 Å². The van der Waals surface area contributed by atoms with Crippen molar-refractivity contribution in [3.63, 3.8) is 0 Å². The first-order chi connectivity index (χ1) is 11.4. The maximum Gasteiger partial charge on any atom is 0.327 e. The molecule has 0 bridgehead atoms. The minimum atomic E-state index is -3.34. The third-order valence-corrected chi connectivity index (χ3v) is 5.20. The van der Waals surface area contributed by atoms with Crippen molar-refractivity contribution in [1.29, 1.82) is 0 Å². The molecule has 0 aliphatic carbocycles. The van der Waals surface area contributed by atoms with E-state index in [1.165, 1.54) is 23.9 Å². The van der Waals surface area contributed by atoms with Crippen LogP contribution in [-0.4, -0.2) is 32.2 Å². The minimum Gasteiger partial charge on any atom is -0.294 e. The molecule has 126 valence electrons. The van der Waals surface area contributed by atoms with E-state index in [1.54, 1.807) is 4.90 Å². The van der Waals surface area contributed by atoms with Crippen molar-refractivity contribution in [1.82, 2.24) is 4.98 Å². The van der Waals surface area contributed by atoms with Crippen LogP contribution in [0.1, 0.15) is 18.1 Å². The zero-order valence-electron chi connectivity index (χ0n) is 13.6. The zero-order valence-corrected chi connectivity index (χ0v) is 14.4. The quantitative estimate of drug-likeness (QED) is 0.927. The average molecular weight is 345 g/mol. The first-order valence-corrected chi connectivity index (χ1v) is 9.64. The van der Waals surface area contributed by atoms with E-state index < -0.39 is 9.84 Å². The number of sulfone groups is 1. The number of fused-ring (bicyclic) bond motifs is 1. The Balaban J connectivity index is 1.80. The molecule has 2 amide bonds. The Morgan fingerprint density at radius 1 is 1.29 bits per heavy atom. The third kappa shape index (κ3) is 3.26. The number of nitrogens with zero attached hydrogens (tertiary/aromatic N) is 2. The van der Waals surface area contributed by atoms with Gasteiger partial charge in [0.05, 0.1) is 4.90 Å². The van der Waals surface area contributed by atoms with Crippen molar-refractivity contribution in [3.05, 3.63) is 47.7 Å². The van der Waals surface area contributed by atoms with Crippen LogP contribution >= 0.6 is 0 Å². The van der Waals surface area contributed by atoms with Gasteiger partial charge in [-0.15, -0.1) is 0 Å². The average Bonchev–Trinajstić information content (AvgIpc) is 2.97. The molecular weight excluding hydrogens is 326 g/mol. The number of aromatic nitrogens is 1. The van der Waals surface area contributed by atoms with Crippen molar-refractivity contribution < 1.29 is 13.2 Å². The van der Waals surface area contributed by atoms with Crippen molar-refractivity contribution in [2.24, 2.45) is 0 Å². The second kappa shape index (κ2) is 6.24. The number of benzene rings is 1. The summed E-state index contributed by atoms with van der Waals surface area (Å²) in [6, 6.07) is 8.57. The van der Waals surface area contributed by atoms with E-state index >= 15 is 0 Å². The van der Waals surface area contributed by atoms with E-state index in [2.05, 4.69) is 23.3 Å². The molecule has 0 fully saturated rings. The van der Waals surface area contributed by atoms with Crippen LogP contribution in [0.5, 0.6) is 0 Å². The summed E-state index contributed by atoms with van der Waals surface area (Å²) < 4.78 is 23.2. The van der Waals surface area contributed by atoms with Gasteiger partial charge < -0.3 is 0 Å². The second-order valence-electron chi connectivity index (χ2n) is 5.80. The summed E-state index contributed by atoms with van der Waals surface area (Å²) in [6.07, 6.45) is 4.27. The van der Waals surface area contributed by atoms with Crippen LogP contribution in [0.2, 0.25) is 0 Å². The Labute approximate surface area is 141 Å². The maximum absolute atomic E-state index is 12.5. The number of anilines is 2. The Kier molecular flexibility index (Phi) is 4.28. The molecule has 1 aromatic heterocycles. The summed E-state index contributed by atoms with van der Waals surface area (Å²) in [5, 5.41) is 2.68. The van der Waals surface area contributed by atoms with Gasteiger partial charge >= 0.3 is 6.03 Å². The van der Waals surface area contributed by atoms with Crippen molar-refractivity contribution in [3.8, 4) is 0 Å². The van der Waals surface area contributed by atoms with Gasteiger partial charge in [-0.05, 0) is 42.2 Å². The summed E-state index contributed by atoms with van der Waals surface area (Å²) in [5.74, 6) is 0.224. The monoisotopic (exact) mass is 345 g/mol. The summed E-state index contributed by atoms with van der Waals surface area (Å²) in [6.45, 7) is 2.70. The molecule has 2 aromatic rings. The van der Waals surface area contributed by atoms with Crippen LogP contribution in [0.4, 0.5) is 16.3 Å². The highest BCUT2D eigenvalue weighted by Crippen LogP contribution is 2.29. The summed E-state index contributed by atoms with van der Waals surface area (Å²) in [5.41, 5.74) is 3.30. The van der Waals surface area contributed by atoms with Gasteiger partial charge in [0.1, 0.15) is 5.82 Å². The molecule has 0 saturated heterocycles. The van der Waals surface area contributed by atoms with Crippen molar-refractivity contribution >= 4 is 27.4 Å². The zero-order chi connectivity index (χ0) is 17.3. The molecule has 0 atom stereocenters. The lowest BCUT2D eigenvalue weighted by Crippen LogP contribution is -2.33. The van der Waals surface area contributed by atoms with Gasteiger partial charge in [0.25, 0.3) is 0 Å². The number of urea groups is 1. The fourth-order valence-electron chi connectivity index (χ4n) is 2.77. The highest BCUT2D eigenvalue weighted by atomic mass is 32.2. The lowest BCUT2D eigenvalue weighted by Gasteiger charge is -2.18. The molecule has 0 spiro atoms. The van der Waals surface area contributed by atoms with Gasteiger partial charge in [-0.3, -0.25) is 10.2 Å². The molecule has 0 radical (unpaired) electrons. The minimum absolute atomic E-state index is 0.127. The predicted molar refractivity (Wildman–Crippen MR) is 93.2 cm³/mol. The Bertz CT molecular complexity index is 894. The SMILES string of the molecule is CCc1ccc2c(c1)CCN2C(=O)Nc1cc(S(C)(=O)=O)ccn1. The molecular formula is C17H19N3O3S. The fraction of sp³-hybridized carbons (Fsp3) is 0.294. The van der Waals surface area contributed by atoms with E-state index in [4.69, 9.17) is 0 Å². The highest BCUT2D eigenvalue weighted by molar-refractivity contribution is 7.90. The molecule has 0 saturated carbocycles. The molecule has 24 heavy (non-hydrogen) atoms. The molecule has 1 aromatic carbocycles. The van der Waals surface area contributed by atoms with Crippen LogP contribution < -0.4 is 10.2 Å². The van der Waals surface area contributed by atoms with Crippen LogP contribution in [0.3, 0.4) is 0 Å². The van der Waals surface area contributed by atoms with Gasteiger partial charge in [0.2, 0.25) is 0 Å². The van der Waals surface area contributed by atoms with Crippen molar-refractivity contribution in [2.45, 2.75) is 24.7 Å². The number of hydrogen-bond acceptors (Lipinski definition) is 4. The maximum atomic E-state index is 12.5. The highest BCUT2D eigenvalue weighted by Gasteiger charge is 2.25. The number of carbonyl (C=O) groups excluding carboxylic acids is 1. The predicted octanol–water partition coefficient (Wildman–Crippen LogP) is 2.64. The topological polar surface area (TPSA) is 79.4 Å². The van der Waals surface area contributed by atoms with Crippen LogP contribution in [0, 0.1) is 0 Å². The smallest absolute Gasteiger partial charge is 0.294 e. The van der Waals surface area contributed by atoms with E-state index in [-0.39, 0.29) is 16.7 Å². The van der Waals surface area contributed by atoms with Gasteiger partial charge in [-0.1, -0.05) is 19.1 Å². The number of nitrogens with one attached hydrogen (secondary N) is 1. The summed E-state index contributed by atoms with van der Waals surface area (Å²) >= 11 is 0. The Morgan fingerprint density at radius 2 is 2.08 bits per heavy atom. The first kappa shape index (κ1) is 16.4. The molecule has 2 heterocycles. The van der Waals surface area contributed by atoms with E-state index in [1.807, 2.05) is 12.1 Å². The molecule has 6 nitrogen and oxygen atoms in total. The van der Waals surface area contributed by atoms with Gasteiger partial charge in [-0.2, -0.15) is 0 Å². The normalized spacial score (nSPS) is 13.7. The largest absolute Gasteiger partial charge is 0.327 e. The lowest BCUT2D eigenvalue weighted by atomic mass is 10.1. The second-order valence-corrected chi connectivity index (χ2v) is 7.81. The van der Waals surface area contributed by atoms with Crippen LogP contribution in [0.15, 0.2) is 41.4 Å². The number of amides is 2. The molecule has 3 rings (SSSR count). The number of aryl methyl sites for hydroxylation is 1. The number of pyridine rings is 1. The molecule has 1 aliphatic rings. The van der Waals surface area contributed by atoms with Crippen molar-refractivity contribution in [2.75, 3.05) is 23.0 Å². The first-order valence-electron chi connectivity index (χ1n) is 7.75. The molecule has 1 aliphatic heterocycles. The van der Waals surface area contributed by atoms with Gasteiger partial charge in [0, 0.05) is 24.7 Å². The van der Waals surface area contributed by atoms with Crippen LogP contribution in [0.25, 0.3) is 0 Å². The van der Waals surface area contributed by atoms with Crippen LogP contribution in [-0.2, 0) is 22.7 Å². The summed E-state index contributed by atoms with van der Waals surface area (Å²) in [4.78, 5) is 18.3. The number of carbonyl (C=O) groups is 1. The fourth-order valence-corrected chi connectivity index (χ4v) is 3.41. The van der Waals surface area contributed by atoms with E-state index in [0.717, 1.165) is 30.3 Å². The van der Waals surface area contributed by atoms with Gasteiger partial charge in [-0.25, -0.2) is 18.2 Å². The lowest BCUT2D eigenvalue weighted by molar-refractivity contribution is 0.257.